The first-order valence-electron chi connectivity index (χ1n) is 4.67. The molecular weight excluding hydrogens is 270 g/mol. The van der Waals surface area contributed by atoms with Crippen LogP contribution in [-0.4, -0.2) is 9.91 Å². The summed E-state index contributed by atoms with van der Waals surface area (Å²) in [7, 11) is 0. The zero-order valence-corrected chi connectivity index (χ0v) is 9.45. The first-order chi connectivity index (χ1) is 8.52. The van der Waals surface area contributed by atoms with Gasteiger partial charge in [0, 0.05) is 0 Å². The van der Waals surface area contributed by atoms with E-state index in [0.717, 1.165) is 0 Å². The Morgan fingerprint density at radius 3 is 2.61 bits per heavy atom. The molecule has 0 fully saturated rings. The molecule has 0 amide bonds. The highest BCUT2D eigenvalue weighted by atomic mass is 35.5. The normalized spacial score (nSPS) is 10.6. The number of hydrogen-bond donors (Lipinski definition) is 0. The largest absolute Gasteiger partial charge is 0.444 e. The fourth-order valence-electron chi connectivity index (χ4n) is 1.35. The molecule has 0 aliphatic carbocycles. The summed E-state index contributed by atoms with van der Waals surface area (Å²) in [6.07, 6.45) is 1.19. The van der Waals surface area contributed by atoms with Crippen molar-refractivity contribution in [3.8, 4) is 11.5 Å². The quantitative estimate of drug-likeness (QED) is 0.489. The zero-order chi connectivity index (χ0) is 13.3. The molecule has 1 aromatic carbocycles. The number of rotatable bonds is 3. The van der Waals surface area contributed by atoms with E-state index >= 15 is 0 Å². The van der Waals surface area contributed by atoms with Crippen molar-refractivity contribution >= 4 is 17.3 Å². The third kappa shape index (κ3) is 2.17. The minimum Gasteiger partial charge on any atom is -0.444 e. The van der Waals surface area contributed by atoms with Crippen molar-refractivity contribution in [3.05, 3.63) is 45.8 Å². The Morgan fingerprint density at radius 1 is 1.39 bits per heavy atom. The molecule has 5 nitrogen and oxygen atoms in total. The van der Waals surface area contributed by atoms with Gasteiger partial charge in [-0.15, -0.1) is 11.6 Å². The Kier molecular flexibility index (Phi) is 3.24. The maximum absolute atomic E-state index is 13.1. The highest BCUT2D eigenvalue weighted by Gasteiger charge is 2.23. The lowest BCUT2D eigenvalue weighted by Crippen LogP contribution is -1.96. The fourth-order valence-corrected chi connectivity index (χ4v) is 1.47. The van der Waals surface area contributed by atoms with Gasteiger partial charge >= 0.3 is 0 Å². The van der Waals surface area contributed by atoms with Crippen LogP contribution in [0.3, 0.4) is 0 Å². The van der Waals surface area contributed by atoms with E-state index in [-0.39, 0.29) is 17.3 Å². The van der Waals surface area contributed by atoms with Crippen LogP contribution in [0.15, 0.2) is 22.8 Å². The summed E-state index contributed by atoms with van der Waals surface area (Å²) in [5.41, 5.74) is -0.530. The second-order valence-electron chi connectivity index (χ2n) is 3.32. The molecule has 0 aliphatic rings. The van der Waals surface area contributed by atoms with E-state index in [1.54, 1.807) is 0 Å². The number of oxazole rings is 1. The summed E-state index contributed by atoms with van der Waals surface area (Å²) >= 11 is 5.50. The number of nitrogens with zero attached hydrogens (tertiary/aromatic N) is 2. The summed E-state index contributed by atoms with van der Waals surface area (Å²) in [5, 5.41) is 10.8. The lowest BCUT2D eigenvalue weighted by molar-refractivity contribution is -0.384. The average molecular weight is 275 g/mol. The SMILES string of the molecule is O=[N+]([O-])c1cc(F)c(F)cc1-c1nc(CCl)co1. The number of alkyl halides is 1. The predicted octanol–water partition coefficient (Wildman–Crippen LogP) is 3.27. The number of nitro groups is 1. The third-order valence-corrected chi connectivity index (χ3v) is 2.43. The molecular formula is C10H5ClF2N2O3. The standard InChI is InChI=1S/C10H5ClF2N2O3/c11-3-5-4-18-10(14-5)6-1-7(12)8(13)2-9(6)15(16)17/h1-2,4H,3H2. The Morgan fingerprint density at radius 2 is 2.06 bits per heavy atom. The van der Waals surface area contributed by atoms with E-state index in [4.69, 9.17) is 16.0 Å². The average Bonchev–Trinajstić information content (AvgIpc) is 2.80. The predicted molar refractivity (Wildman–Crippen MR) is 58.1 cm³/mol. The lowest BCUT2D eigenvalue weighted by atomic mass is 10.1. The van der Waals surface area contributed by atoms with Crippen molar-refractivity contribution in [1.82, 2.24) is 4.98 Å². The van der Waals surface area contributed by atoms with E-state index in [1.807, 2.05) is 0 Å². The van der Waals surface area contributed by atoms with Crippen LogP contribution in [0, 0.1) is 21.7 Å². The number of aromatic nitrogens is 1. The van der Waals surface area contributed by atoms with Crippen LogP contribution in [0.2, 0.25) is 0 Å². The fraction of sp³-hybridized carbons (Fsp3) is 0.100. The van der Waals surface area contributed by atoms with Gasteiger partial charge in [-0.1, -0.05) is 0 Å². The lowest BCUT2D eigenvalue weighted by Gasteiger charge is -2.00. The molecule has 8 heteroatoms. The van der Waals surface area contributed by atoms with Gasteiger partial charge in [0.1, 0.15) is 11.8 Å². The Labute approximate surface area is 104 Å². The van der Waals surface area contributed by atoms with Crippen LogP contribution in [0.25, 0.3) is 11.5 Å². The topological polar surface area (TPSA) is 69.2 Å². The number of benzene rings is 1. The molecule has 1 heterocycles. The second kappa shape index (κ2) is 4.69. The molecule has 2 rings (SSSR count). The van der Waals surface area contributed by atoms with E-state index in [0.29, 0.717) is 17.8 Å². The molecule has 0 atom stereocenters. The molecule has 94 valence electrons. The van der Waals surface area contributed by atoms with Crippen LogP contribution < -0.4 is 0 Å². The molecule has 0 unspecified atom stereocenters. The van der Waals surface area contributed by atoms with Crippen molar-refractivity contribution in [2.75, 3.05) is 0 Å². The van der Waals surface area contributed by atoms with E-state index in [2.05, 4.69) is 4.98 Å². The third-order valence-electron chi connectivity index (χ3n) is 2.15. The number of hydrogen-bond acceptors (Lipinski definition) is 4. The van der Waals surface area contributed by atoms with Gasteiger partial charge in [0.25, 0.3) is 5.69 Å². The molecule has 0 bridgehead atoms. The maximum atomic E-state index is 13.1. The van der Waals surface area contributed by atoms with Gasteiger partial charge < -0.3 is 4.42 Å². The maximum Gasteiger partial charge on any atom is 0.285 e. The first kappa shape index (κ1) is 12.4. The summed E-state index contributed by atoms with van der Waals surface area (Å²) in [5.74, 6) is -2.67. The van der Waals surface area contributed by atoms with Crippen molar-refractivity contribution in [1.29, 1.82) is 0 Å². The minimum absolute atomic E-state index is 0.0426. The van der Waals surface area contributed by atoms with Crippen LogP contribution in [-0.2, 0) is 5.88 Å². The number of nitro benzene ring substituents is 1. The van der Waals surface area contributed by atoms with E-state index in [9.17, 15) is 18.9 Å². The van der Waals surface area contributed by atoms with Crippen molar-refractivity contribution < 1.29 is 18.1 Å². The van der Waals surface area contributed by atoms with Crippen LogP contribution >= 0.6 is 11.6 Å². The van der Waals surface area contributed by atoms with Gasteiger partial charge in [0.05, 0.1) is 22.6 Å². The van der Waals surface area contributed by atoms with Gasteiger partial charge in [-0.05, 0) is 6.07 Å². The van der Waals surface area contributed by atoms with E-state index < -0.39 is 22.2 Å². The number of halogens is 3. The first-order valence-corrected chi connectivity index (χ1v) is 5.20. The van der Waals surface area contributed by atoms with Crippen molar-refractivity contribution in [3.63, 3.8) is 0 Å². The van der Waals surface area contributed by atoms with Crippen LogP contribution in [0.1, 0.15) is 5.69 Å². The smallest absolute Gasteiger partial charge is 0.285 e. The molecule has 0 N–H and O–H groups in total. The Balaban J connectivity index is 2.61. The summed E-state index contributed by atoms with van der Waals surface area (Å²) in [6.45, 7) is 0. The highest BCUT2D eigenvalue weighted by Crippen LogP contribution is 2.31. The van der Waals surface area contributed by atoms with Crippen LogP contribution in [0.4, 0.5) is 14.5 Å². The molecule has 18 heavy (non-hydrogen) atoms. The molecule has 0 spiro atoms. The van der Waals surface area contributed by atoms with Gasteiger partial charge in [-0.3, -0.25) is 10.1 Å². The Bertz CT molecular complexity index is 615. The molecule has 0 saturated carbocycles. The molecule has 0 saturated heterocycles. The van der Waals surface area contributed by atoms with Gasteiger partial charge in [0.15, 0.2) is 11.6 Å². The second-order valence-corrected chi connectivity index (χ2v) is 3.59. The van der Waals surface area contributed by atoms with Gasteiger partial charge in [-0.25, -0.2) is 13.8 Å². The molecule has 1 aromatic heterocycles. The summed E-state index contributed by atoms with van der Waals surface area (Å²) in [6, 6.07) is 1.15. The van der Waals surface area contributed by atoms with Crippen LogP contribution in [0.5, 0.6) is 0 Å². The highest BCUT2D eigenvalue weighted by molar-refractivity contribution is 6.16. The Hall–Kier alpha value is -2.02. The zero-order valence-electron chi connectivity index (χ0n) is 8.69. The minimum atomic E-state index is -1.31. The summed E-state index contributed by atoms with van der Waals surface area (Å²) in [4.78, 5) is 13.7. The molecule has 0 radical (unpaired) electrons. The molecule has 0 aliphatic heterocycles. The summed E-state index contributed by atoms with van der Waals surface area (Å²) < 4.78 is 31.0. The monoisotopic (exact) mass is 274 g/mol. The van der Waals surface area contributed by atoms with Crippen molar-refractivity contribution in [2.24, 2.45) is 0 Å². The van der Waals surface area contributed by atoms with E-state index in [1.165, 1.54) is 6.26 Å². The van der Waals surface area contributed by atoms with Crippen molar-refractivity contribution in [2.45, 2.75) is 5.88 Å². The van der Waals surface area contributed by atoms with Gasteiger partial charge in [0.2, 0.25) is 5.89 Å². The van der Waals surface area contributed by atoms with Gasteiger partial charge in [-0.2, -0.15) is 0 Å². The molecule has 2 aromatic rings.